The molecule has 0 radical (unpaired) electrons. The predicted octanol–water partition coefficient (Wildman–Crippen LogP) is 3.45. The number of hydrogen-bond donors (Lipinski definition) is 1. The second-order valence-corrected chi connectivity index (χ2v) is 5.64. The van der Waals surface area contributed by atoms with Crippen molar-refractivity contribution < 1.29 is 0 Å². The van der Waals surface area contributed by atoms with Crippen LogP contribution in [0.1, 0.15) is 54.4 Å². The molecule has 0 unspecified atom stereocenters. The van der Waals surface area contributed by atoms with Crippen LogP contribution in [0.15, 0.2) is 0 Å². The quantitative estimate of drug-likeness (QED) is 0.668. The molecule has 0 atom stereocenters. The van der Waals surface area contributed by atoms with Crippen molar-refractivity contribution in [3.05, 3.63) is 0 Å². The van der Waals surface area contributed by atoms with Gasteiger partial charge in [-0.25, -0.2) is 0 Å². The van der Waals surface area contributed by atoms with E-state index in [-0.39, 0.29) is 0 Å². The molecule has 0 amide bonds. The minimum absolute atomic E-state index is 0.448. The summed E-state index contributed by atoms with van der Waals surface area (Å²) in [5.41, 5.74) is 0.896. The molecule has 0 aromatic heterocycles. The number of rotatable bonds is 6. The Balaban J connectivity index is 3.68. The van der Waals surface area contributed by atoms with E-state index >= 15 is 0 Å². The molecule has 0 aliphatic rings. The van der Waals surface area contributed by atoms with Gasteiger partial charge in [0.25, 0.3) is 0 Å². The van der Waals surface area contributed by atoms with Gasteiger partial charge in [0.15, 0.2) is 0 Å². The standard InChI is InChI=1S/C12H27N/c1-7-11(3,4)9-13-10-12(5,6)8-2/h13H,7-10H2,1-6H3. The Bertz CT molecular complexity index is 120. The van der Waals surface area contributed by atoms with Crippen molar-refractivity contribution >= 4 is 0 Å². The minimum Gasteiger partial charge on any atom is -0.316 e. The van der Waals surface area contributed by atoms with Gasteiger partial charge < -0.3 is 5.32 Å². The molecule has 0 rings (SSSR count). The van der Waals surface area contributed by atoms with Crippen molar-refractivity contribution in [1.29, 1.82) is 0 Å². The van der Waals surface area contributed by atoms with Crippen LogP contribution in [0.2, 0.25) is 0 Å². The maximum Gasteiger partial charge on any atom is 0.000264 e. The highest BCUT2D eigenvalue weighted by atomic mass is 14.9. The molecule has 0 aromatic carbocycles. The fourth-order valence-electron chi connectivity index (χ4n) is 0.989. The minimum atomic E-state index is 0.448. The first kappa shape index (κ1) is 13.0. The normalized spacial score (nSPS) is 13.4. The zero-order chi connectivity index (χ0) is 10.5. The highest BCUT2D eigenvalue weighted by Crippen LogP contribution is 2.21. The van der Waals surface area contributed by atoms with E-state index in [4.69, 9.17) is 0 Å². The maximum atomic E-state index is 3.57. The van der Waals surface area contributed by atoms with Crippen molar-refractivity contribution in [1.82, 2.24) is 5.32 Å². The third-order valence-electron chi connectivity index (χ3n) is 3.12. The summed E-state index contributed by atoms with van der Waals surface area (Å²) in [5.74, 6) is 0. The van der Waals surface area contributed by atoms with Gasteiger partial charge in [0.05, 0.1) is 0 Å². The van der Waals surface area contributed by atoms with Gasteiger partial charge in [-0.1, -0.05) is 41.5 Å². The van der Waals surface area contributed by atoms with Crippen molar-refractivity contribution in [3.8, 4) is 0 Å². The maximum absolute atomic E-state index is 3.57. The molecule has 0 aromatic rings. The largest absolute Gasteiger partial charge is 0.316 e. The molecule has 1 heteroatoms. The van der Waals surface area contributed by atoms with Crippen LogP contribution >= 0.6 is 0 Å². The van der Waals surface area contributed by atoms with Crippen molar-refractivity contribution in [2.24, 2.45) is 10.8 Å². The van der Waals surface area contributed by atoms with Gasteiger partial charge in [0, 0.05) is 13.1 Å². The van der Waals surface area contributed by atoms with Gasteiger partial charge in [-0.2, -0.15) is 0 Å². The van der Waals surface area contributed by atoms with Crippen LogP contribution in [-0.2, 0) is 0 Å². The van der Waals surface area contributed by atoms with E-state index in [1.54, 1.807) is 0 Å². The van der Waals surface area contributed by atoms with Crippen LogP contribution < -0.4 is 5.32 Å². The van der Waals surface area contributed by atoms with Crippen LogP contribution in [0.25, 0.3) is 0 Å². The van der Waals surface area contributed by atoms with E-state index in [9.17, 15) is 0 Å². The number of nitrogens with one attached hydrogen (secondary N) is 1. The van der Waals surface area contributed by atoms with Crippen LogP contribution in [0.5, 0.6) is 0 Å². The van der Waals surface area contributed by atoms with Crippen LogP contribution in [0.3, 0.4) is 0 Å². The Kier molecular flexibility index (Phi) is 4.98. The lowest BCUT2D eigenvalue weighted by Crippen LogP contribution is -2.35. The summed E-state index contributed by atoms with van der Waals surface area (Å²) >= 11 is 0. The lowest BCUT2D eigenvalue weighted by atomic mass is 9.87. The molecule has 0 bridgehead atoms. The fourth-order valence-corrected chi connectivity index (χ4v) is 0.989. The second-order valence-electron chi connectivity index (χ2n) is 5.64. The van der Waals surface area contributed by atoms with Crippen LogP contribution in [0.4, 0.5) is 0 Å². The Morgan fingerprint density at radius 3 is 1.31 bits per heavy atom. The molecule has 0 saturated carbocycles. The molecule has 13 heavy (non-hydrogen) atoms. The average Bonchev–Trinajstić information content (AvgIpc) is 2.04. The molecular formula is C12H27N. The molecule has 1 N–H and O–H groups in total. The summed E-state index contributed by atoms with van der Waals surface area (Å²) in [7, 11) is 0. The van der Waals surface area contributed by atoms with Crippen molar-refractivity contribution in [2.75, 3.05) is 13.1 Å². The first-order chi connectivity index (χ1) is 5.83. The Morgan fingerprint density at radius 1 is 0.769 bits per heavy atom. The Labute approximate surface area is 84.3 Å². The van der Waals surface area contributed by atoms with Gasteiger partial charge in [0.1, 0.15) is 0 Å². The molecular weight excluding hydrogens is 158 g/mol. The van der Waals surface area contributed by atoms with Gasteiger partial charge >= 0.3 is 0 Å². The molecule has 0 heterocycles. The zero-order valence-corrected chi connectivity index (χ0v) is 10.3. The Morgan fingerprint density at radius 2 is 1.08 bits per heavy atom. The highest BCUT2D eigenvalue weighted by Gasteiger charge is 2.18. The highest BCUT2D eigenvalue weighted by molar-refractivity contribution is 4.74. The first-order valence-corrected chi connectivity index (χ1v) is 5.54. The summed E-state index contributed by atoms with van der Waals surface area (Å²) in [6, 6.07) is 0. The SMILES string of the molecule is CCC(C)(C)CNCC(C)(C)CC. The third kappa shape index (κ3) is 6.09. The molecule has 0 spiro atoms. The van der Waals surface area contributed by atoms with Crippen LogP contribution in [0, 0.1) is 10.8 Å². The van der Waals surface area contributed by atoms with Crippen LogP contribution in [-0.4, -0.2) is 13.1 Å². The molecule has 0 aliphatic heterocycles. The molecule has 80 valence electrons. The van der Waals surface area contributed by atoms with Crippen molar-refractivity contribution in [3.63, 3.8) is 0 Å². The van der Waals surface area contributed by atoms with E-state index in [0.717, 1.165) is 13.1 Å². The predicted molar refractivity (Wildman–Crippen MR) is 61.0 cm³/mol. The third-order valence-corrected chi connectivity index (χ3v) is 3.12. The van der Waals surface area contributed by atoms with Gasteiger partial charge in [-0.3, -0.25) is 0 Å². The lowest BCUT2D eigenvalue weighted by molar-refractivity contribution is 0.275. The average molecular weight is 185 g/mol. The first-order valence-electron chi connectivity index (χ1n) is 5.54. The van der Waals surface area contributed by atoms with Gasteiger partial charge in [-0.05, 0) is 23.7 Å². The van der Waals surface area contributed by atoms with E-state index in [0.29, 0.717) is 10.8 Å². The summed E-state index contributed by atoms with van der Waals surface area (Å²) in [4.78, 5) is 0. The zero-order valence-electron chi connectivity index (χ0n) is 10.3. The van der Waals surface area contributed by atoms with Gasteiger partial charge in [-0.15, -0.1) is 0 Å². The van der Waals surface area contributed by atoms with E-state index in [1.165, 1.54) is 12.8 Å². The summed E-state index contributed by atoms with van der Waals surface area (Å²) in [6.45, 7) is 16.1. The summed E-state index contributed by atoms with van der Waals surface area (Å²) in [5, 5.41) is 3.57. The monoisotopic (exact) mass is 185 g/mol. The number of hydrogen-bond acceptors (Lipinski definition) is 1. The second kappa shape index (κ2) is 4.99. The molecule has 0 saturated heterocycles. The lowest BCUT2D eigenvalue weighted by Gasteiger charge is -2.28. The molecule has 0 fully saturated rings. The summed E-state index contributed by atoms with van der Waals surface area (Å²) in [6.07, 6.45) is 2.49. The molecule has 1 nitrogen and oxygen atoms in total. The fraction of sp³-hybridized carbons (Fsp3) is 1.00. The van der Waals surface area contributed by atoms with Crippen molar-refractivity contribution in [2.45, 2.75) is 54.4 Å². The van der Waals surface area contributed by atoms with E-state index in [2.05, 4.69) is 46.9 Å². The summed E-state index contributed by atoms with van der Waals surface area (Å²) < 4.78 is 0. The smallest absolute Gasteiger partial charge is 0.000264 e. The molecule has 0 aliphatic carbocycles. The van der Waals surface area contributed by atoms with Gasteiger partial charge in [0.2, 0.25) is 0 Å². The van der Waals surface area contributed by atoms with E-state index in [1.807, 2.05) is 0 Å². The van der Waals surface area contributed by atoms with E-state index < -0.39 is 0 Å². The Hall–Kier alpha value is -0.0400. The topological polar surface area (TPSA) is 12.0 Å².